The lowest BCUT2D eigenvalue weighted by Gasteiger charge is -2.15. The molecule has 147 heavy (non-hydrogen) atoms. The topological polar surface area (TPSA) is 550 Å². The number of aliphatic hydroxyl groups is 5. The molecule has 0 saturated carbocycles. The highest BCUT2D eigenvalue weighted by atomic mass is 32.1. The number of nitrogens with one attached hydrogen (secondary N) is 9. The number of nitrogens with zero attached hydrogens (tertiary/aromatic N) is 19. The molecule has 0 bridgehead atoms. The van der Waals surface area contributed by atoms with Crippen LogP contribution < -0.4 is 52.6 Å². The first-order valence-corrected chi connectivity index (χ1v) is 50.6. The van der Waals surface area contributed by atoms with Gasteiger partial charge in [-0.15, -0.1) is 0 Å². The molecule has 14 N–H and O–H groups in total. The van der Waals surface area contributed by atoms with E-state index in [9.17, 15) is 49.5 Å². The van der Waals surface area contributed by atoms with Crippen LogP contribution >= 0.6 is 56.7 Å². The first kappa shape index (κ1) is 107. The molecule has 0 aliphatic carbocycles. The van der Waals surface area contributed by atoms with Gasteiger partial charge in [0.05, 0.1) is 82.5 Å². The van der Waals surface area contributed by atoms with Crippen LogP contribution in [0.2, 0.25) is 0 Å². The van der Waals surface area contributed by atoms with Crippen LogP contribution in [0.1, 0.15) is 156 Å². The third-order valence-electron chi connectivity index (χ3n) is 21.4. The summed E-state index contributed by atoms with van der Waals surface area (Å²) < 4.78 is 17.2. The van der Waals surface area contributed by atoms with Crippen LogP contribution in [0, 0.1) is 6.92 Å². The number of methoxy groups -OCH3 is 2. The number of rotatable bonds is 27. The summed E-state index contributed by atoms with van der Waals surface area (Å²) in [7, 11) is 3.22. The fourth-order valence-corrected chi connectivity index (χ4v) is 19.1. The molecule has 45 heteroatoms. The largest absolute Gasteiger partial charge is 0.495 e. The summed E-state index contributed by atoms with van der Waals surface area (Å²) in [6.45, 7) is 28.7. The molecule has 18 rings (SSSR count). The van der Waals surface area contributed by atoms with Crippen LogP contribution in [0.5, 0.6) is 5.75 Å². The quantitative estimate of drug-likeness (QED) is 0.0227. The molecule has 0 radical (unpaired) electrons. The minimum Gasteiger partial charge on any atom is -0.495 e. The van der Waals surface area contributed by atoms with Gasteiger partial charge in [0.2, 0.25) is 5.91 Å². The third-order valence-corrected chi connectivity index (χ3v) is 26.5. The Morgan fingerprint density at radius 1 is 0.401 bits per heavy atom. The van der Waals surface area contributed by atoms with E-state index < -0.39 is 28.5 Å². The summed E-state index contributed by atoms with van der Waals surface area (Å²) in [5, 5.41) is 77.3. The van der Waals surface area contributed by atoms with E-state index in [-0.39, 0.29) is 30.0 Å². The second kappa shape index (κ2) is 47.6. The van der Waals surface area contributed by atoms with Gasteiger partial charge in [0, 0.05) is 176 Å². The normalized spacial score (nSPS) is 11.7. The van der Waals surface area contributed by atoms with E-state index in [1.54, 1.807) is 163 Å². The van der Waals surface area contributed by atoms with Gasteiger partial charge in [0.25, 0.3) is 0 Å². The van der Waals surface area contributed by atoms with Crippen molar-refractivity contribution >= 4 is 163 Å². The van der Waals surface area contributed by atoms with Crippen molar-refractivity contribution in [3.8, 4) is 89.7 Å². The summed E-state index contributed by atoms with van der Waals surface area (Å²) in [5.41, 5.74) is 13.7. The number of anilines is 5. The molecule has 1 atom stereocenters. The van der Waals surface area contributed by atoms with Crippen LogP contribution in [-0.2, 0) is 38.5 Å². The van der Waals surface area contributed by atoms with E-state index in [1.807, 2.05) is 143 Å². The van der Waals surface area contributed by atoms with Gasteiger partial charge in [-0.3, -0.25) is 36.0 Å². The van der Waals surface area contributed by atoms with Crippen molar-refractivity contribution in [2.24, 2.45) is 0 Å². The van der Waals surface area contributed by atoms with Crippen molar-refractivity contribution in [2.75, 3.05) is 67.0 Å². The van der Waals surface area contributed by atoms with Crippen LogP contribution in [0.15, 0.2) is 184 Å². The van der Waals surface area contributed by atoms with E-state index in [0.717, 1.165) is 136 Å². The number of hydrogen-bond acceptors (Lipinski definition) is 35. The molecule has 1 unspecified atom stereocenters. The number of aliphatic hydroxyl groups excluding tert-OH is 1. The summed E-state index contributed by atoms with van der Waals surface area (Å²) in [6.07, 6.45) is 24.3. The van der Waals surface area contributed by atoms with Gasteiger partial charge < -0.3 is 66.2 Å². The molecule has 13 aromatic heterocycles. The fraction of sp³-hybridized carbons (Fsp3) is 0.284. The number of pyridine rings is 2. The molecular formula is C102H110N28O12S5. The predicted octanol–water partition coefficient (Wildman–Crippen LogP) is 18.8. The number of carbonyl (C=O) groups excluding carboxylic acids is 5. The van der Waals surface area contributed by atoms with E-state index in [2.05, 4.69) is 138 Å². The lowest BCUT2D eigenvalue weighted by Crippen LogP contribution is -2.28. The van der Waals surface area contributed by atoms with Crippen LogP contribution in [0.25, 0.3) is 135 Å². The van der Waals surface area contributed by atoms with Crippen LogP contribution in [-0.4, -0.2) is 190 Å². The second-order valence-electron chi connectivity index (χ2n) is 35.1. The molecular weight excluding hydrogens is 1970 g/mol. The molecule has 0 aliphatic heterocycles. The Kier molecular flexibility index (Phi) is 34.8. The van der Waals surface area contributed by atoms with Crippen LogP contribution in [0.4, 0.5) is 44.8 Å². The highest BCUT2D eigenvalue weighted by Crippen LogP contribution is 2.44. The molecule has 0 saturated heterocycles. The Morgan fingerprint density at radius 3 is 1.22 bits per heavy atom. The molecule has 13 heterocycles. The Morgan fingerprint density at radius 2 is 0.803 bits per heavy atom. The van der Waals surface area contributed by atoms with Crippen LogP contribution in [0.3, 0.4) is 0 Å². The van der Waals surface area contributed by atoms with Gasteiger partial charge in [0.15, 0.2) is 54.8 Å². The first-order chi connectivity index (χ1) is 70.3. The maximum atomic E-state index is 12.0. The Labute approximate surface area is 864 Å². The number of thiazole rings is 5. The number of hydrogen-bond donors (Lipinski definition) is 14. The van der Waals surface area contributed by atoms with Crippen molar-refractivity contribution in [3.05, 3.63) is 224 Å². The monoisotopic (exact) mass is 2080 g/mol. The highest BCUT2D eigenvalue weighted by Gasteiger charge is 2.28. The van der Waals surface area contributed by atoms with E-state index >= 15 is 0 Å². The minimum absolute atomic E-state index is 0.0411. The number of urea groups is 4. The molecule has 9 amide bonds. The molecule has 0 spiro atoms. The summed E-state index contributed by atoms with van der Waals surface area (Å²) in [6, 6.07) is 29.8. The highest BCUT2D eigenvalue weighted by molar-refractivity contribution is 7.24. The number of amides is 9. The lowest BCUT2D eigenvalue weighted by molar-refractivity contribution is -0.116. The first-order valence-electron chi connectivity index (χ1n) is 46.6. The van der Waals surface area contributed by atoms with Gasteiger partial charge in [-0.05, 0) is 216 Å². The maximum absolute atomic E-state index is 12.0. The molecule has 0 aliphatic rings. The van der Waals surface area contributed by atoms with Crippen molar-refractivity contribution in [1.82, 2.24) is 116 Å². The third kappa shape index (κ3) is 27.6. The molecule has 0 fully saturated rings. The van der Waals surface area contributed by atoms with Gasteiger partial charge in [-0.1, -0.05) is 75.7 Å². The Hall–Kier alpha value is -15.4. The number of fused-ring (bicyclic) bond motifs is 5. The van der Waals surface area contributed by atoms with Crippen molar-refractivity contribution in [2.45, 2.75) is 152 Å². The molecule has 5 aromatic carbocycles. The van der Waals surface area contributed by atoms with Gasteiger partial charge in [-0.25, -0.2) is 98.9 Å². The number of aryl methyl sites for hydroxylation is 1. The van der Waals surface area contributed by atoms with Gasteiger partial charge in [-0.2, -0.15) is 0 Å². The lowest BCUT2D eigenvalue weighted by atomic mass is 10.0. The number of carbonyl (C=O) groups is 5. The summed E-state index contributed by atoms with van der Waals surface area (Å²) >= 11 is 6.95. The number of imidazole rings is 1. The SMILES string of the molecule is CCCC(=O)Nc1nc2cc(-n3cnc(C(C)(C)O)c3)cc(-c3ccccn3)c2s1.CCNC(=O)Nc1nc2cc(-c3cnc(C(C)(C)O)nc3)cc(-c3ncccn3)c2s1.CCNC(=O)Nc1nc2cc(-c3cnc(C(C)(C)O)nc3)cc(COC)c2s1.CCNC(=O)Nc1nc2cc(-c3cnc(C(C)(C)O)nc3)cc(OC)c2s1.CCNC(=O)Nc1nc2cc(-c3cnc(C(C)O)nc3)cc(-c3ccc(C)nc3)c2s1. The fourth-order valence-electron chi connectivity index (χ4n) is 14.3. The predicted molar refractivity (Wildman–Crippen MR) is 575 cm³/mol. The van der Waals surface area contributed by atoms with E-state index in [4.69, 9.17) is 9.47 Å². The summed E-state index contributed by atoms with van der Waals surface area (Å²) in [4.78, 5) is 138. The average molecular weight is 2080 g/mol. The van der Waals surface area contributed by atoms with E-state index in [1.165, 1.54) is 56.7 Å². The Bertz CT molecular complexity index is 7660. The second-order valence-corrected chi connectivity index (χ2v) is 40.1. The molecule has 40 nitrogen and oxygen atoms in total. The number of ether oxygens (including phenoxy) is 2. The zero-order valence-corrected chi connectivity index (χ0v) is 87.6. The van der Waals surface area contributed by atoms with Gasteiger partial charge >= 0.3 is 24.1 Å². The average Bonchev–Trinajstić information content (AvgIpc) is 1.65. The van der Waals surface area contributed by atoms with E-state index in [0.29, 0.717) is 116 Å². The minimum atomic E-state index is -1.12. The van der Waals surface area contributed by atoms with Crippen molar-refractivity contribution < 1.29 is 59.0 Å². The number of benzene rings is 5. The van der Waals surface area contributed by atoms with Crippen molar-refractivity contribution in [3.63, 3.8) is 0 Å². The number of aromatic nitrogens is 19. The zero-order chi connectivity index (χ0) is 105. The summed E-state index contributed by atoms with van der Waals surface area (Å²) in [5.74, 6) is 2.58. The molecule has 760 valence electrons. The van der Waals surface area contributed by atoms with Gasteiger partial charge in [0.1, 0.15) is 34.3 Å². The zero-order valence-electron chi connectivity index (χ0n) is 83.5. The molecule has 18 aromatic rings. The smallest absolute Gasteiger partial charge is 0.321 e. The standard InChI is InChI=1S/C22H22N6O2S.C22H23N5O2S.C21H21N7O2S.C19H23N5O3S.C18H21N5O3S/c1-4-23-21(30)28-22-27-18-8-15(16-10-25-20(13(3)29)26-11-16)7-17(19(18)31-22)14-6-5-12(2)24-9-14;1-4-7-19(28)26-21-25-17-11-14(27-12-18(24-13-27)22(2,3)29)10-15(20(17)30-21)16-8-5-6-9-23-16;1-4-22-19(29)28-20-27-15-9-12(13-10-25-18(26-11-13)21(2,3)30)8-14(16(15)31-20)17-23-6-5-7-24-17;1-5-20-17(25)24-18-23-14-7-11(6-12(10-27-4)15(14)28-18)13-8-21-16(22-9-13)19(2,3)26;1-5-19-16(24)23-17-22-12-6-10(7-13(26-4)14(12)27-17)11-8-20-15(21-9-11)18(2,3)25/h5-11,13,29H,4H2,1-3H3,(H2,23,27,28,30);5-6,8-13,29H,4,7H2,1-3H3,(H,25,26,28);5-11,30H,4H2,1-3H3,(H2,22,27,28,29);6-9,26H,5,10H2,1-4H3,(H2,20,23,24,25);6-9,25H,5H2,1-4H3,(H2,19,22,23,24). The Balaban J connectivity index is 0.000000145. The maximum Gasteiger partial charge on any atom is 0.321 e. The van der Waals surface area contributed by atoms with Crippen molar-refractivity contribution in [1.29, 1.82) is 0 Å².